The summed E-state index contributed by atoms with van der Waals surface area (Å²) in [6.07, 6.45) is 0. The Labute approximate surface area is 122 Å². The van der Waals surface area contributed by atoms with Crippen molar-refractivity contribution in [3.8, 4) is 11.5 Å². The SMILES string of the molecule is CCn1c(COc2ccc(O)cc2)cc2cccc(F)c21. The molecule has 3 nitrogen and oxygen atoms in total. The van der Waals surface area contributed by atoms with Gasteiger partial charge < -0.3 is 14.4 Å². The highest BCUT2D eigenvalue weighted by Crippen LogP contribution is 2.24. The molecule has 3 aromatic rings. The van der Waals surface area contributed by atoms with E-state index in [-0.39, 0.29) is 11.6 Å². The molecule has 0 spiro atoms. The Kier molecular flexibility index (Phi) is 3.52. The number of hydrogen-bond acceptors (Lipinski definition) is 2. The van der Waals surface area contributed by atoms with Crippen LogP contribution in [-0.4, -0.2) is 9.67 Å². The van der Waals surface area contributed by atoms with Gasteiger partial charge in [0, 0.05) is 11.9 Å². The quantitative estimate of drug-likeness (QED) is 0.783. The average molecular weight is 285 g/mol. The fourth-order valence-electron chi connectivity index (χ4n) is 2.51. The van der Waals surface area contributed by atoms with Crippen LogP contribution in [-0.2, 0) is 13.2 Å². The summed E-state index contributed by atoms with van der Waals surface area (Å²) in [6, 6.07) is 13.6. The first-order valence-electron chi connectivity index (χ1n) is 6.87. The molecule has 1 heterocycles. The van der Waals surface area contributed by atoms with E-state index in [9.17, 15) is 9.50 Å². The van der Waals surface area contributed by atoms with Crippen molar-refractivity contribution in [2.24, 2.45) is 0 Å². The normalized spacial score (nSPS) is 11.0. The van der Waals surface area contributed by atoms with Crippen molar-refractivity contribution in [3.63, 3.8) is 0 Å². The van der Waals surface area contributed by atoms with Crippen LogP contribution in [0.5, 0.6) is 11.5 Å². The molecule has 0 unspecified atom stereocenters. The van der Waals surface area contributed by atoms with Crippen molar-refractivity contribution < 1.29 is 14.2 Å². The maximum atomic E-state index is 14.0. The van der Waals surface area contributed by atoms with Gasteiger partial charge >= 0.3 is 0 Å². The third kappa shape index (κ3) is 2.57. The molecular formula is C17H16FNO2. The molecule has 0 atom stereocenters. The number of rotatable bonds is 4. The van der Waals surface area contributed by atoms with Crippen molar-refractivity contribution in [3.05, 3.63) is 60.0 Å². The molecule has 0 radical (unpaired) electrons. The maximum Gasteiger partial charge on any atom is 0.147 e. The van der Waals surface area contributed by atoms with Crippen LogP contribution in [0.25, 0.3) is 10.9 Å². The summed E-state index contributed by atoms with van der Waals surface area (Å²) in [5, 5.41) is 10.1. The van der Waals surface area contributed by atoms with E-state index in [2.05, 4.69) is 0 Å². The highest BCUT2D eigenvalue weighted by atomic mass is 19.1. The molecule has 0 aliphatic rings. The van der Waals surface area contributed by atoms with E-state index in [1.54, 1.807) is 30.3 Å². The second-order valence-electron chi connectivity index (χ2n) is 4.84. The number of ether oxygens (including phenoxy) is 1. The van der Waals surface area contributed by atoms with Crippen LogP contribution in [0.4, 0.5) is 4.39 Å². The van der Waals surface area contributed by atoms with E-state index < -0.39 is 0 Å². The summed E-state index contributed by atoms with van der Waals surface area (Å²) in [6.45, 7) is 3.02. The summed E-state index contributed by atoms with van der Waals surface area (Å²) in [7, 11) is 0. The number of aryl methyl sites for hydroxylation is 1. The zero-order chi connectivity index (χ0) is 14.8. The van der Waals surface area contributed by atoms with E-state index in [0.717, 1.165) is 11.1 Å². The number of hydrogen-bond donors (Lipinski definition) is 1. The number of aromatic hydroxyl groups is 1. The molecular weight excluding hydrogens is 269 g/mol. The minimum Gasteiger partial charge on any atom is -0.508 e. The van der Waals surface area contributed by atoms with Gasteiger partial charge in [0.1, 0.15) is 23.9 Å². The van der Waals surface area contributed by atoms with Crippen LogP contribution in [0.3, 0.4) is 0 Å². The molecule has 3 rings (SSSR count). The van der Waals surface area contributed by atoms with Crippen molar-refractivity contribution in [2.45, 2.75) is 20.1 Å². The number of halogens is 1. The van der Waals surface area contributed by atoms with Gasteiger partial charge in [0.2, 0.25) is 0 Å². The van der Waals surface area contributed by atoms with Crippen LogP contribution in [0.2, 0.25) is 0 Å². The Hall–Kier alpha value is -2.49. The zero-order valence-electron chi connectivity index (χ0n) is 11.7. The molecule has 0 aliphatic heterocycles. The summed E-state index contributed by atoms with van der Waals surface area (Å²) in [4.78, 5) is 0. The third-order valence-corrected chi connectivity index (χ3v) is 3.50. The summed E-state index contributed by atoms with van der Waals surface area (Å²) in [5.74, 6) is 0.651. The van der Waals surface area contributed by atoms with Gasteiger partial charge in [-0.1, -0.05) is 12.1 Å². The largest absolute Gasteiger partial charge is 0.508 e. The van der Waals surface area contributed by atoms with Crippen molar-refractivity contribution in [1.82, 2.24) is 4.57 Å². The number of aromatic nitrogens is 1. The molecule has 2 aromatic carbocycles. The monoisotopic (exact) mass is 285 g/mol. The lowest BCUT2D eigenvalue weighted by molar-refractivity contribution is 0.295. The molecule has 108 valence electrons. The first kappa shape index (κ1) is 13.5. The summed E-state index contributed by atoms with van der Waals surface area (Å²) < 4.78 is 21.6. The number of phenolic OH excluding ortho intramolecular Hbond substituents is 1. The van der Waals surface area contributed by atoms with E-state index in [4.69, 9.17) is 4.74 Å². The number of phenols is 1. The van der Waals surface area contributed by atoms with Crippen LogP contribution in [0.15, 0.2) is 48.5 Å². The van der Waals surface area contributed by atoms with Gasteiger partial charge in [0.25, 0.3) is 0 Å². The molecule has 0 amide bonds. The molecule has 1 N–H and O–H groups in total. The topological polar surface area (TPSA) is 34.4 Å². The van der Waals surface area contributed by atoms with Gasteiger partial charge in [-0.3, -0.25) is 0 Å². The zero-order valence-corrected chi connectivity index (χ0v) is 11.7. The predicted octanol–water partition coefficient (Wildman–Crippen LogP) is 4.08. The second-order valence-corrected chi connectivity index (χ2v) is 4.84. The molecule has 4 heteroatoms. The molecule has 0 saturated carbocycles. The van der Waals surface area contributed by atoms with E-state index in [0.29, 0.717) is 24.4 Å². The fraction of sp³-hybridized carbons (Fsp3) is 0.176. The van der Waals surface area contributed by atoms with Gasteiger partial charge in [-0.2, -0.15) is 0 Å². The predicted molar refractivity (Wildman–Crippen MR) is 80.0 cm³/mol. The number of nitrogens with zero attached hydrogens (tertiary/aromatic N) is 1. The Bertz CT molecular complexity index is 762. The van der Waals surface area contributed by atoms with Crippen molar-refractivity contribution in [1.29, 1.82) is 0 Å². The van der Waals surface area contributed by atoms with E-state index in [1.165, 1.54) is 6.07 Å². The number of para-hydroxylation sites is 1. The van der Waals surface area contributed by atoms with Gasteiger partial charge in [0.05, 0.1) is 11.2 Å². The van der Waals surface area contributed by atoms with Gasteiger partial charge in [-0.05, 0) is 43.3 Å². The first-order valence-corrected chi connectivity index (χ1v) is 6.87. The van der Waals surface area contributed by atoms with Gasteiger partial charge in [0.15, 0.2) is 0 Å². The Morgan fingerprint density at radius 1 is 1.14 bits per heavy atom. The lowest BCUT2D eigenvalue weighted by atomic mass is 10.2. The Morgan fingerprint density at radius 2 is 1.90 bits per heavy atom. The smallest absolute Gasteiger partial charge is 0.147 e. The standard InChI is InChI=1S/C17H16FNO2/c1-2-19-13(10-12-4-3-5-16(18)17(12)19)11-21-15-8-6-14(20)7-9-15/h3-10,20H,2,11H2,1H3. The van der Waals surface area contributed by atoms with E-state index >= 15 is 0 Å². The number of benzene rings is 2. The summed E-state index contributed by atoms with van der Waals surface area (Å²) in [5.41, 5.74) is 1.54. The Balaban J connectivity index is 1.90. The van der Waals surface area contributed by atoms with Crippen LogP contribution >= 0.6 is 0 Å². The number of fused-ring (bicyclic) bond motifs is 1. The Morgan fingerprint density at radius 3 is 2.62 bits per heavy atom. The first-order chi connectivity index (χ1) is 10.2. The fourth-order valence-corrected chi connectivity index (χ4v) is 2.51. The minimum absolute atomic E-state index is 0.201. The van der Waals surface area contributed by atoms with Crippen molar-refractivity contribution >= 4 is 10.9 Å². The van der Waals surface area contributed by atoms with Gasteiger partial charge in [-0.25, -0.2) is 4.39 Å². The van der Waals surface area contributed by atoms with E-state index in [1.807, 2.05) is 23.6 Å². The molecule has 0 saturated heterocycles. The molecule has 1 aromatic heterocycles. The lowest BCUT2D eigenvalue weighted by Crippen LogP contribution is -2.05. The lowest BCUT2D eigenvalue weighted by Gasteiger charge is -2.10. The van der Waals surface area contributed by atoms with Gasteiger partial charge in [-0.15, -0.1) is 0 Å². The third-order valence-electron chi connectivity index (χ3n) is 3.50. The highest BCUT2D eigenvalue weighted by molar-refractivity contribution is 5.81. The highest BCUT2D eigenvalue weighted by Gasteiger charge is 2.11. The molecule has 21 heavy (non-hydrogen) atoms. The van der Waals surface area contributed by atoms with Crippen molar-refractivity contribution in [2.75, 3.05) is 0 Å². The summed E-state index contributed by atoms with van der Waals surface area (Å²) >= 11 is 0. The minimum atomic E-state index is -0.217. The molecule has 0 bridgehead atoms. The second kappa shape index (κ2) is 5.48. The maximum absolute atomic E-state index is 14.0. The molecule has 0 aliphatic carbocycles. The van der Waals surface area contributed by atoms with Crippen LogP contribution in [0, 0.1) is 5.82 Å². The average Bonchev–Trinajstić information content (AvgIpc) is 2.85. The van der Waals surface area contributed by atoms with Crippen LogP contribution in [0.1, 0.15) is 12.6 Å². The molecule has 0 fully saturated rings. The van der Waals surface area contributed by atoms with Crippen LogP contribution < -0.4 is 4.74 Å².